The van der Waals surface area contributed by atoms with Gasteiger partial charge in [0.2, 0.25) is 0 Å². The summed E-state index contributed by atoms with van der Waals surface area (Å²) in [5, 5.41) is 0. The van der Waals surface area contributed by atoms with E-state index in [4.69, 9.17) is 23.3 Å². The highest BCUT2D eigenvalue weighted by Gasteiger charge is 2.14. The zero-order valence-electron chi connectivity index (χ0n) is 10.2. The number of aryl methyl sites for hydroxylation is 1. The minimum Gasteiger partial charge on any atom is -0.399 e. The molecule has 0 aromatic heterocycles. The maximum atomic E-state index is 8.74. The van der Waals surface area contributed by atoms with Crippen LogP contribution in [0.1, 0.15) is 18.9 Å². The summed E-state index contributed by atoms with van der Waals surface area (Å²) in [6.45, 7) is 4.48. The Morgan fingerprint density at radius 1 is 1.39 bits per heavy atom. The maximum absolute atomic E-state index is 8.74. The molecule has 102 valence electrons. The number of rotatable bonds is 1. The van der Waals surface area contributed by atoms with Crippen molar-refractivity contribution in [2.75, 3.05) is 23.7 Å². The van der Waals surface area contributed by atoms with E-state index in [1.807, 2.05) is 6.07 Å². The van der Waals surface area contributed by atoms with Crippen LogP contribution in [0.5, 0.6) is 0 Å². The molecular formula is C11H18N2O4S. The van der Waals surface area contributed by atoms with E-state index in [0.29, 0.717) is 0 Å². The third-order valence-electron chi connectivity index (χ3n) is 2.70. The lowest BCUT2D eigenvalue weighted by Crippen LogP contribution is -2.28. The number of nitrogen functional groups attached to an aromatic ring is 1. The van der Waals surface area contributed by atoms with Crippen molar-refractivity contribution in [2.45, 2.75) is 19.8 Å². The molecule has 7 heteroatoms. The van der Waals surface area contributed by atoms with Crippen molar-refractivity contribution < 1.29 is 17.5 Å². The van der Waals surface area contributed by atoms with Crippen molar-refractivity contribution in [3.8, 4) is 0 Å². The summed E-state index contributed by atoms with van der Waals surface area (Å²) >= 11 is 0. The van der Waals surface area contributed by atoms with E-state index in [1.165, 1.54) is 30.6 Å². The average Bonchev–Trinajstić information content (AvgIpc) is 2.25. The Morgan fingerprint density at radius 3 is 2.56 bits per heavy atom. The second-order valence-corrected chi connectivity index (χ2v) is 4.91. The molecule has 0 amide bonds. The normalized spacial score (nSPS) is 14.5. The van der Waals surface area contributed by atoms with Gasteiger partial charge in [0.25, 0.3) is 0 Å². The predicted octanol–water partition coefficient (Wildman–Crippen LogP) is 1.39. The van der Waals surface area contributed by atoms with Gasteiger partial charge in [-0.1, -0.05) is 0 Å². The summed E-state index contributed by atoms with van der Waals surface area (Å²) in [6.07, 6.45) is 2.43. The summed E-state index contributed by atoms with van der Waals surface area (Å²) in [5.41, 5.74) is 9.42. The quantitative estimate of drug-likeness (QED) is 0.528. The Kier molecular flexibility index (Phi) is 4.94. The molecule has 0 bridgehead atoms. The third-order valence-corrected chi connectivity index (χ3v) is 2.70. The van der Waals surface area contributed by atoms with Crippen molar-refractivity contribution in [1.29, 1.82) is 0 Å². The third kappa shape index (κ3) is 4.91. The second-order valence-electron chi connectivity index (χ2n) is 4.02. The van der Waals surface area contributed by atoms with Gasteiger partial charge < -0.3 is 10.6 Å². The first-order valence-corrected chi connectivity index (χ1v) is 7.04. The van der Waals surface area contributed by atoms with Crippen LogP contribution in [-0.2, 0) is 16.8 Å². The predicted molar refractivity (Wildman–Crippen MR) is 71.2 cm³/mol. The fraction of sp³-hybridized carbons (Fsp3) is 0.455. The Labute approximate surface area is 107 Å². The monoisotopic (exact) mass is 274 g/mol. The topological polar surface area (TPSA) is 104 Å². The zero-order valence-corrected chi connectivity index (χ0v) is 11.0. The van der Waals surface area contributed by atoms with Crippen molar-refractivity contribution >= 4 is 21.8 Å². The zero-order chi connectivity index (χ0) is 13.8. The lowest BCUT2D eigenvalue weighted by atomic mass is 10.0. The molecule has 0 saturated heterocycles. The van der Waals surface area contributed by atoms with Crippen LogP contribution in [0.15, 0.2) is 18.2 Å². The molecule has 1 aromatic rings. The van der Waals surface area contributed by atoms with E-state index < -0.39 is 10.4 Å². The van der Waals surface area contributed by atoms with Gasteiger partial charge in [-0.25, -0.2) is 0 Å². The lowest BCUT2D eigenvalue weighted by Gasteiger charge is -2.30. The van der Waals surface area contributed by atoms with Gasteiger partial charge in [0.15, 0.2) is 0 Å². The van der Waals surface area contributed by atoms with E-state index in [-0.39, 0.29) is 0 Å². The van der Waals surface area contributed by atoms with Crippen LogP contribution in [0.25, 0.3) is 0 Å². The van der Waals surface area contributed by atoms with Gasteiger partial charge in [0, 0.05) is 24.5 Å². The summed E-state index contributed by atoms with van der Waals surface area (Å²) < 4.78 is 31.6. The molecule has 0 aliphatic carbocycles. The van der Waals surface area contributed by atoms with Gasteiger partial charge in [-0.15, -0.1) is 0 Å². The molecule has 1 heterocycles. The summed E-state index contributed by atoms with van der Waals surface area (Å²) in [7, 11) is -4.67. The number of nitrogens with two attached hydrogens (primary N) is 1. The molecule has 18 heavy (non-hydrogen) atoms. The van der Waals surface area contributed by atoms with Crippen LogP contribution in [0.2, 0.25) is 0 Å². The molecule has 0 atom stereocenters. The van der Waals surface area contributed by atoms with Crippen molar-refractivity contribution in [2.24, 2.45) is 0 Å². The number of anilines is 2. The van der Waals surface area contributed by atoms with Crippen LogP contribution < -0.4 is 10.6 Å². The molecule has 1 aromatic carbocycles. The van der Waals surface area contributed by atoms with Crippen molar-refractivity contribution in [1.82, 2.24) is 0 Å². The fourth-order valence-electron chi connectivity index (χ4n) is 2.02. The van der Waals surface area contributed by atoms with E-state index in [9.17, 15) is 0 Å². The Bertz CT molecular complexity index is 494. The van der Waals surface area contributed by atoms with Crippen LogP contribution >= 0.6 is 0 Å². The Morgan fingerprint density at radius 2 is 2.00 bits per heavy atom. The number of fused-ring (bicyclic) bond motifs is 1. The van der Waals surface area contributed by atoms with Gasteiger partial charge >= 0.3 is 10.4 Å². The smallest absolute Gasteiger partial charge is 0.394 e. The molecule has 0 saturated carbocycles. The van der Waals surface area contributed by atoms with Crippen LogP contribution in [0.4, 0.5) is 11.4 Å². The van der Waals surface area contributed by atoms with Gasteiger partial charge in [-0.2, -0.15) is 8.42 Å². The number of benzene rings is 1. The van der Waals surface area contributed by atoms with E-state index in [0.717, 1.165) is 12.2 Å². The standard InChI is InChI=1S/C11H16N2.H2O4S/c1-2-13-7-3-4-9-8-10(12)5-6-11(9)13;1-5(2,3)4/h5-6,8H,2-4,7,12H2,1H3;(H2,1,2,3,4). The summed E-state index contributed by atoms with van der Waals surface area (Å²) in [5.74, 6) is 0. The molecule has 4 N–H and O–H groups in total. The minimum absolute atomic E-state index is 0.886. The molecule has 6 nitrogen and oxygen atoms in total. The minimum atomic E-state index is -4.67. The van der Waals surface area contributed by atoms with Gasteiger partial charge in [-0.05, 0) is 43.5 Å². The summed E-state index contributed by atoms with van der Waals surface area (Å²) in [4.78, 5) is 2.41. The first-order valence-electron chi connectivity index (χ1n) is 5.64. The van der Waals surface area contributed by atoms with Crippen LogP contribution in [0.3, 0.4) is 0 Å². The van der Waals surface area contributed by atoms with Crippen LogP contribution in [-0.4, -0.2) is 30.6 Å². The number of hydrogen-bond acceptors (Lipinski definition) is 4. The van der Waals surface area contributed by atoms with E-state index in [1.54, 1.807) is 0 Å². The first-order chi connectivity index (χ1) is 8.31. The van der Waals surface area contributed by atoms with E-state index >= 15 is 0 Å². The molecule has 0 spiro atoms. The highest BCUT2D eigenvalue weighted by Crippen LogP contribution is 2.28. The maximum Gasteiger partial charge on any atom is 0.394 e. The van der Waals surface area contributed by atoms with Crippen molar-refractivity contribution in [3.05, 3.63) is 23.8 Å². The SMILES string of the molecule is CCN1CCCc2cc(N)ccc21.O=S(=O)(O)O. The highest BCUT2D eigenvalue weighted by atomic mass is 32.3. The second kappa shape index (κ2) is 6.03. The Balaban J connectivity index is 0.000000280. The molecule has 2 rings (SSSR count). The average molecular weight is 274 g/mol. The van der Waals surface area contributed by atoms with Crippen molar-refractivity contribution in [3.63, 3.8) is 0 Å². The highest BCUT2D eigenvalue weighted by molar-refractivity contribution is 7.79. The van der Waals surface area contributed by atoms with Gasteiger partial charge in [0.1, 0.15) is 0 Å². The van der Waals surface area contributed by atoms with Gasteiger partial charge in [0.05, 0.1) is 0 Å². The molecular weight excluding hydrogens is 256 g/mol. The molecule has 0 radical (unpaired) electrons. The molecule has 0 fully saturated rings. The summed E-state index contributed by atoms with van der Waals surface area (Å²) in [6, 6.07) is 6.25. The largest absolute Gasteiger partial charge is 0.399 e. The number of nitrogens with zero attached hydrogens (tertiary/aromatic N) is 1. The number of hydrogen-bond donors (Lipinski definition) is 3. The first kappa shape index (κ1) is 14.7. The van der Waals surface area contributed by atoms with Gasteiger partial charge in [-0.3, -0.25) is 9.11 Å². The Hall–Kier alpha value is -1.31. The van der Waals surface area contributed by atoms with E-state index in [2.05, 4.69) is 24.0 Å². The lowest BCUT2D eigenvalue weighted by molar-refractivity contribution is 0.381. The fourth-order valence-corrected chi connectivity index (χ4v) is 2.02. The van der Waals surface area contributed by atoms with Crippen LogP contribution in [0, 0.1) is 0 Å². The molecule has 1 aliphatic heterocycles. The molecule has 1 aliphatic rings. The molecule has 0 unspecified atom stereocenters.